The fourth-order valence-electron chi connectivity index (χ4n) is 3.23. The van der Waals surface area contributed by atoms with Crippen LogP contribution in [0.4, 0.5) is 10.5 Å². The molecule has 1 heterocycles. The van der Waals surface area contributed by atoms with Gasteiger partial charge in [0.1, 0.15) is 5.75 Å². The number of aromatic hydroxyl groups is 1. The molecule has 0 bridgehead atoms. The lowest BCUT2D eigenvalue weighted by molar-refractivity contribution is -0.113. The van der Waals surface area contributed by atoms with Crippen molar-refractivity contribution in [3.05, 3.63) is 59.3 Å². The normalized spacial score (nSPS) is 15.8. The molecule has 0 aromatic heterocycles. The summed E-state index contributed by atoms with van der Waals surface area (Å²) in [6, 6.07) is 10.7. The van der Waals surface area contributed by atoms with Gasteiger partial charge in [-0.15, -0.1) is 0 Å². The number of nitrogens with one attached hydrogen (secondary N) is 3. The Morgan fingerprint density at radius 2 is 1.80 bits per heavy atom. The lowest BCUT2D eigenvalue weighted by Crippen LogP contribution is -2.45. The maximum absolute atomic E-state index is 13.1. The molecule has 8 heteroatoms. The Bertz CT molecular complexity index is 969. The highest BCUT2D eigenvalue weighted by atomic mass is 16.5. The molecule has 1 aliphatic heterocycles. The minimum atomic E-state index is -0.707. The lowest BCUT2D eigenvalue weighted by atomic mass is 9.94. The number of urea groups is 1. The Balaban J connectivity index is 1.89. The first-order valence-electron chi connectivity index (χ1n) is 9.71. The van der Waals surface area contributed by atoms with Crippen LogP contribution in [0.5, 0.6) is 17.2 Å². The van der Waals surface area contributed by atoms with Gasteiger partial charge in [-0.05, 0) is 62.7 Å². The zero-order chi connectivity index (χ0) is 21.7. The molecule has 4 N–H and O–H groups in total. The molecule has 0 saturated heterocycles. The van der Waals surface area contributed by atoms with Crippen LogP contribution < -0.4 is 25.4 Å². The zero-order valence-corrected chi connectivity index (χ0v) is 17.1. The summed E-state index contributed by atoms with van der Waals surface area (Å²) in [5, 5.41) is 18.2. The van der Waals surface area contributed by atoms with Crippen LogP contribution in [0.3, 0.4) is 0 Å². The number of phenolic OH excluding ortho intramolecular Hbond substituents is 1. The van der Waals surface area contributed by atoms with E-state index in [9.17, 15) is 14.7 Å². The van der Waals surface area contributed by atoms with Gasteiger partial charge in [0.15, 0.2) is 11.5 Å². The molecule has 3 amide bonds. The summed E-state index contributed by atoms with van der Waals surface area (Å²) < 4.78 is 10.9. The van der Waals surface area contributed by atoms with Crippen LogP contribution in [0.2, 0.25) is 0 Å². The first-order chi connectivity index (χ1) is 14.4. The molecule has 8 nitrogen and oxygen atoms in total. The maximum atomic E-state index is 13.1. The minimum absolute atomic E-state index is 0.0121. The SMILES string of the molecule is CCOc1ccc(NC(=O)C2=C(C)NC(=O)NC2c2ccc(O)c(OCC)c2)cc1. The Morgan fingerprint density at radius 1 is 1.10 bits per heavy atom. The molecule has 3 rings (SSSR count). The van der Waals surface area contributed by atoms with Crippen molar-refractivity contribution in [1.29, 1.82) is 0 Å². The van der Waals surface area contributed by atoms with Gasteiger partial charge < -0.3 is 30.5 Å². The molecule has 2 aromatic rings. The molecule has 1 aliphatic rings. The van der Waals surface area contributed by atoms with E-state index in [-0.39, 0.29) is 17.4 Å². The predicted octanol–water partition coefficient (Wildman–Crippen LogP) is 3.46. The van der Waals surface area contributed by atoms with Crippen molar-refractivity contribution in [2.45, 2.75) is 26.8 Å². The number of hydrogen-bond donors (Lipinski definition) is 4. The maximum Gasteiger partial charge on any atom is 0.319 e. The van der Waals surface area contributed by atoms with Crippen molar-refractivity contribution in [1.82, 2.24) is 10.6 Å². The van der Waals surface area contributed by atoms with E-state index in [0.29, 0.717) is 41.5 Å². The van der Waals surface area contributed by atoms with Gasteiger partial charge in [0, 0.05) is 11.4 Å². The van der Waals surface area contributed by atoms with Gasteiger partial charge in [-0.1, -0.05) is 6.07 Å². The summed E-state index contributed by atoms with van der Waals surface area (Å²) in [4.78, 5) is 25.2. The molecule has 30 heavy (non-hydrogen) atoms. The number of benzene rings is 2. The average Bonchev–Trinajstić information content (AvgIpc) is 2.71. The second kappa shape index (κ2) is 9.21. The first kappa shape index (κ1) is 21.0. The lowest BCUT2D eigenvalue weighted by Gasteiger charge is -2.29. The van der Waals surface area contributed by atoms with Crippen molar-refractivity contribution in [2.75, 3.05) is 18.5 Å². The molecular weight excluding hydrogens is 386 g/mol. The fourth-order valence-corrected chi connectivity index (χ4v) is 3.23. The van der Waals surface area contributed by atoms with Crippen molar-refractivity contribution < 1.29 is 24.2 Å². The Kier molecular flexibility index (Phi) is 6.46. The minimum Gasteiger partial charge on any atom is -0.504 e. The van der Waals surface area contributed by atoms with Crippen LogP contribution >= 0.6 is 0 Å². The van der Waals surface area contributed by atoms with E-state index in [4.69, 9.17) is 9.47 Å². The number of phenols is 1. The third kappa shape index (κ3) is 4.65. The van der Waals surface area contributed by atoms with Crippen LogP contribution in [0.15, 0.2) is 53.7 Å². The topological polar surface area (TPSA) is 109 Å². The van der Waals surface area contributed by atoms with E-state index in [0.717, 1.165) is 0 Å². The van der Waals surface area contributed by atoms with E-state index in [1.54, 1.807) is 50.2 Å². The molecule has 158 valence electrons. The van der Waals surface area contributed by atoms with Crippen molar-refractivity contribution in [3.63, 3.8) is 0 Å². The largest absolute Gasteiger partial charge is 0.504 e. The van der Waals surface area contributed by atoms with E-state index in [2.05, 4.69) is 16.0 Å². The summed E-state index contributed by atoms with van der Waals surface area (Å²) in [5.41, 5.74) is 2.01. The quantitative estimate of drug-likeness (QED) is 0.558. The molecule has 1 unspecified atom stereocenters. The number of carbonyl (C=O) groups excluding carboxylic acids is 2. The highest BCUT2D eigenvalue weighted by molar-refractivity contribution is 6.06. The number of allylic oxidation sites excluding steroid dienone is 1. The van der Waals surface area contributed by atoms with E-state index in [1.165, 1.54) is 6.07 Å². The van der Waals surface area contributed by atoms with Gasteiger partial charge >= 0.3 is 6.03 Å². The van der Waals surface area contributed by atoms with Gasteiger partial charge in [-0.2, -0.15) is 0 Å². The third-order valence-corrected chi connectivity index (χ3v) is 4.55. The average molecular weight is 411 g/mol. The van der Waals surface area contributed by atoms with Crippen molar-refractivity contribution >= 4 is 17.6 Å². The highest BCUT2D eigenvalue weighted by Gasteiger charge is 2.31. The van der Waals surface area contributed by atoms with E-state index in [1.807, 2.05) is 6.92 Å². The van der Waals surface area contributed by atoms with Gasteiger partial charge in [0.25, 0.3) is 5.91 Å². The van der Waals surface area contributed by atoms with Gasteiger partial charge in [-0.25, -0.2) is 4.79 Å². The second-order valence-electron chi connectivity index (χ2n) is 6.64. The number of rotatable bonds is 7. The summed E-state index contributed by atoms with van der Waals surface area (Å²) >= 11 is 0. The Hall–Kier alpha value is -3.68. The molecule has 0 fully saturated rings. The van der Waals surface area contributed by atoms with Crippen LogP contribution in [0.1, 0.15) is 32.4 Å². The van der Waals surface area contributed by atoms with E-state index >= 15 is 0 Å². The summed E-state index contributed by atoms with van der Waals surface area (Å²) in [7, 11) is 0. The first-order valence-corrected chi connectivity index (χ1v) is 9.71. The summed E-state index contributed by atoms with van der Waals surface area (Å²) in [5.74, 6) is 0.622. The van der Waals surface area contributed by atoms with Gasteiger partial charge in [0.2, 0.25) is 0 Å². The van der Waals surface area contributed by atoms with Crippen molar-refractivity contribution in [3.8, 4) is 17.2 Å². The molecule has 0 spiro atoms. The molecule has 0 saturated carbocycles. The number of amides is 3. The Labute approximate surface area is 174 Å². The van der Waals surface area contributed by atoms with Crippen LogP contribution in [0.25, 0.3) is 0 Å². The number of carbonyl (C=O) groups is 2. The molecule has 2 aromatic carbocycles. The smallest absolute Gasteiger partial charge is 0.319 e. The predicted molar refractivity (Wildman–Crippen MR) is 113 cm³/mol. The Morgan fingerprint density at radius 3 is 2.47 bits per heavy atom. The molecule has 0 aliphatic carbocycles. The zero-order valence-electron chi connectivity index (χ0n) is 17.1. The number of ether oxygens (including phenoxy) is 2. The summed E-state index contributed by atoms with van der Waals surface area (Å²) in [6.45, 7) is 6.30. The van der Waals surface area contributed by atoms with Gasteiger partial charge in [-0.3, -0.25) is 4.79 Å². The standard InChI is InChI=1S/C22H25N3O5/c1-4-29-16-9-7-15(8-10-16)24-21(27)19-13(3)23-22(28)25-20(19)14-6-11-17(26)18(12-14)30-5-2/h6-12,20,26H,4-5H2,1-3H3,(H,24,27)(H2,23,25,28). The van der Waals surface area contributed by atoms with Gasteiger partial charge in [0.05, 0.1) is 24.8 Å². The highest BCUT2D eigenvalue weighted by Crippen LogP contribution is 2.34. The molecule has 0 radical (unpaired) electrons. The molecular formula is C22H25N3O5. The van der Waals surface area contributed by atoms with Crippen molar-refractivity contribution in [2.24, 2.45) is 0 Å². The third-order valence-electron chi connectivity index (χ3n) is 4.55. The van der Waals surface area contributed by atoms with Crippen LogP contribution in [-0.2, 0) is 4.79 Å². The summed E-state index contributed by atoms with van der Waals surface area (Å²) in [6.07, 6.45) is 0. The fraction of sp³-hybridized carbons (Fsp3) is 0.273. The van der Waals surface area contributed by atoms with Crippen LogP contribution in [0, 0.1) is 0 Å². The number of hydrogen-bond acceptors (Lipinski definition) is 5. The van der Waals surface area contributed by atoms with Crippen LogP contribution in [-0.4, -0.2) is 30.3 Å². The number of anilines is 1. The second-order valence-corrected chi connectivity index (χ2v) is 6.64. The monoisotopic (exact) mass is 411 g/mol. The molecule has 1 atom stereocenters. The van der Waals surface area contributed by atoms with E-state index < -0.39 is 12.1 Å².